The van der Waals surface area contributed by atoms with Crippen molar-refractivity contribution in [3.63, 3.8) is 0 Å². The summed E-state index contributed by atoms with van der Waals surface area (Å²) in [4.78, 5) is 4.13. The first-order chi connectivity index (χ1) is 8.24. The number of hydrogen-bond acceptors (Lipinski definition) is 4. The van der Waals surface area contributed by atoms with E-state index < -0.39 is 5.82 Å². The van der Waals surface area contributed by atoms with E-state index in [0.717, 1.165) is 0 Å². The second kappa shape index (κ2) is 4.86. The van der Waals surface area contributed by atoms with Gasteiger partial charge >= 0.3 is 0 Å². The van der Waals surface area contributed by atoms with Crippen molar-refractivity contribution in [3.8, 4) is 17.0 Å². The second-order valence-electron chi connectivity index (χ2n) is 3.37. The van der Waals surface area contributed by atoms with E-state index in [4.69, 9.17) is 9.15 Å². The standard InChI is InChI=1S/C12H13FN2O2/c1-3-16-11-5-4-8(6-9(11)13)10-7-17-12(14-2)15-10/h4-7H,3H2,1-2H3,(H,14,15). The van der Waals surface area contributed by atoms with Gasteiger partial charge in [0, 0.05) is 12.6 Å². The van der Waals surface area contributed by atoms with Crippen LogP contribution in [0.2, 0.25) is 0 Å². The number of nitrogens with one attached hydrogen (secondary N) is 1. The number of benzene rings is 1. The zero-order valence-corrected chi connectivity index (χ0v) is 9.66. The molecular weight excluding hydrogens is 223 g/mol. The highest BCUT2D eigenvalue weighted by Gasteiger charge is 2.09. The summed E-state index contributed by atoms with van der Waals surface area (Å²) < 4.78 is 23.8. The molecule has 1 N–H and O–H groups in total. The lowest BCUT2D eigenvalue weighted by Gasteiger charge is -2.04. The third-order valence-corrected chi connectivity index (χ3v) is 2.25. The summed E-state index contributed by atoms with van der Waals surface area (Å²) in [5, 5.41) is 2.77. The SMILES string of the molecule is CCOc1ccc(-c2coc(NC)n2)cc1F. The van der Waals surface area contributed by atoms with Crippen molar-refractivity contribution >= 4 is 6.01 Å². The lowest BCUT2D eigenvalue weighted by molar-refractivity contribution is 0.321. The van der Waals surface area contributed by atoms with Crippen LogP contribution in [0.15, 0.2) is 28.9 Å². The molecule has 2 rings (SSSR count). The molecule has 90 valence electrons. The minimum Gasteiger partial charge on any atom is -0.491 e. The lowest BCUT2D eigenvalue weighted by Crippen LogP contribution is -1.94. The summed E-state index contributed by atoms with van der Waals surface area (Å²) in [6.07, 6.45) is 1.47. The largest absolute Gasteiger partial charge is 0.491 e. The highest BCUT2D eigenvalue weighted by molar-refractivity contribution is 5.60. The highest BCUT2D eigenvalue weighted by atomic mass is 19.1. The number of ether oxygens (including phenoxy) is 1. The first-order valence-corrected chi connectivity index (χ1v) is 5.30. The Labute approximate surface area is 98.4 Å². The molecule has 2 aromatic rings. The maximum atomic E-state index is 13.6. The zero-order chi connectivity index (χ0) is 12.3. The Morgan fingerprint density at radius 3 is 2.88 bits per heavy atom. The van der Waals surface area contributed by atoms with Gasteiger partial charge in [-0.1, -0.05) is 0 Å². The molecule has 1 aromatic carbocycles. The molecule has 17 heavy (non-hydrogen) atoms. The number of oxazole rings is 1. The fraction of sp³-hybridized carbons (Fsp3) is 0.250. The fourth-order valence-corrected chi connectivity index (χ4v) is 1.45. The van der Waals surface area contributed by atoms with Crippen LogP contribution in [0, 0.1) is 5.82 Å². The molecule has 0 saturated heterocycles. The third-order valence-electron chi connectivity index (χ3n) is 2.25. The normalized spacial score (nSPS) is 10.3. The molecule has 0 radical (unpaired) electrons. The number of aromatic nitrogens is 1. The topological polar surface area (TPSA) is 47.3 Å². The van der Waals surface area contributed by atoms with E-state index in [1.165, 1.54) is 12.3 Å². The molecule has 0 spiro atoms. The van der Waals surface area contributed by atoms with Crippen LogP contribution < -0.4 is 10.1 Å². The molecule has 0 amide bonds. The van der Waals surface area contributed by atoms with Crippen molar-refractivity contribution in [1.29, 1.82) is 0 Å². The van der Waals surface area contributed by atoms with Gasteiger partial charge in [0.15, 0.2) is 11.6 Å². The maximum Gasteiger partial charge on any atom is 0.294 e. The summed E-state index contributed by atoms with van der Waals surface area (Å²) in [5.74, 6) is -0.160. The van der Waals surface area contributed by atoms with Crippen molar-refractivity contribution in [2.75, 3.05) is 19.0 Å². The van der Waals surface area contributed by atoms with Gasteiger partial charge in [0.25, 0.3) is 6.01 Å². The van der Waals surface area contributed by atoms with E-state index in [-0.39, 0.29) is 5.75 Å². The summed E-state index contributed by atoms with van der Waals surface area (Å²) in [5.41, 5.74) is 1.23. The van der Waals surface area contributed by atoms with Crippen LogP contribution in [0.5, 0.6) is 5.75 Å². The summed E-state index contributed by atoms with van der Waals surface area (Å²) >= 11 is 0. The number of anilines is 1. The van der Waals surface area contributed by atoms with Crippen molar-refractivity contribution in [2.24, 2.45) is 0 Å². The number of nitrogens with zero attached hydrogens (tertiary/aromatic N) is 1. The summed E-state index contributed by atoms with van der Waals surface area (Å²) in [7, 11) is 1.70. The Morgan fingerprint density at radius 2 is 2.29 bits per heavy atom. The third kappa shape index (κ3) is 2.38. The van der Waals surface area contributed by atoms with E-state index in [0.29, 0.717) is 23.9 Å². The Bertz CT molecular complexity index is 511. The molecule has 0 unspecified atom stereocenters. The van der Waals surface area contributed by atoms with Crippen molar-refractivity contribution < 1.29 is 13.5 Å². The molecule has 0 saturated carbocycles. The van der Waals surface area contributed by atoms with Gasteiger partial charge < -0.3 is 14.5 Å². The molecule has 0 aliphatic rings. The van der Waals surface area contributed by atoms with Crippen LogP contribution in [-0.2, 0) is 0 Å². The highest BCUT2D eigenvalue weighted by Crippen LogP contribution is 2.26. The monoisotopic (exact) mass is 236 g/mol. The van der Waals surface area contributed by atoms with Crippen molar-refractivity contribution in [3.05, 3.63) is 30.3 Å². The van der Waals surface area contributed by atoms with Crippen LogP contribution >= 0.6 is 0 Å². The minimum absolute atomic E-state index is 0.244. The lowest BCUT2D eigenvalue weighted by atomic mass is 10.1. The average Bonchev–Trinajstić information content (AvgIpc) is 2.80. The van der Waals surface area contributed by atoms with Crippen LogP contribution in [0.3, 0.4) is 0 Å². The molecule has 0 atom stereocenters. The van der Waals surface area contributed by atoms with E-state index in [1.54, 1.807) is 19.2 Å². The Morgan fingerprint density at radius 1 is 1.47 bits per heavy atom. The Kier molecular flexibility index (Phi) is 3.27. The average molecular weight is 236 g/mol. The van der Waals surface area contributed by atoms with Gasteiger partial charge in [-0.25, -0.2) is 4.39 Å². The van der Waals surface area contributed by atoms with E-state index >= 15 is 0 Å². The molecule has 0 aliphatic heterocycles. The number of halogens is 1. The first-order valence-electron chi connectivity index (χ1n) is 5.30. The minimum atomic E-state index is -0.404. The van der Waals surface area contributed by atoms with Gasteiger partial charge in [0.1, 0.15) is 12.0 Å². The summed E-state index contributed by atoms with van der Waals surface area (Å²) in [6.45, 7) is 2.24. The fourth-order valence-electron chi connectivity index (χ4n) is 1.45. The molecule has 5 heteroatoms. The van der Waals surface area contributed by atoms with Crippen molar-refractivity contribution in [1.82, 2.24) is 4.98 Å². The van der Waals surface area contributed by atoms with E-state index in [1.807, 2.05) is 6.92 Å². The van der Waals surface area contributed by atoms with E-state index in [2.05, 4.69) is 10.3 Å². The molecule has 0 fully saturated rings. The zero-order valence-electron chi connectivity index (χ0n) is 9.66. The summed E-state index contributed by atoms with van der Waals surface area (Å²) in [6, 6.07) is 5.10. The number of rotatable bonds is 4. The Balaban J connectivity index is 2.30. The number of hydrogen-bond donors (Lipinski definition) is 1. The van der Waals surface area contributed by atoms with E-state index in [9.17, 15) is 4.39 Å². The predicted molar refractivity (Wildman–Crippen MR) is 62.6 cm³/mol. The van der Waals surface area contributed by atoms with Gasteiger partial charge in [-0.15, -0.1) is 0 Å². The Hall–Kier alpha value is -2.04. The first kappa shape index (κ1) is 11.4. The second-order valence-corrected chi connectivity index (χ2v) is 3.37. The van der Waals surface area contributed by atoms with Crippen LogP contribution in [0.25, 0.3) is 11.3 Å². The predicted octanol–water partition coefficient (Wildman–Crippen LogP) is 2.92. The van der Waals surface area contributed by atoms with Crippen LogP contribution in [0.1, 0.15) is 6.92 Å². The van der Waals surface area contributed by atoms with Gasteiger partial charge in [0.2, 0.25) is 0 Å². The van der Waals surface area contributed by atoms with Gasteiger partial charge in [-0.05, 0) is 25.1 Å². The maximum absolute atomic E-state index is 13.6. The molecule has 1 heterocycles. The quantitative estimate of drug-likeness (QED) is 0.886. The molecule has 0 bridgehead atoms. The molecule has 0 aliphatic carbocycles. The van der Waals surface area contributed by atoms with Crippen LogP contribution in [0.4, 0.5) is 10.4 Å². The molecular formula is C12H13FN2O2. The van der Waals surface area contributed by atoms with Gasteiger partial charge in [-0.3, -0.25) is 0 Å². The van der Waals surface area contributed by atoms with Crippen molar-refractivity contribution in [2.45, 2.75) is 6.92 Å². The molecule has 1 aromatic heterocycles. The van der Waals surface area contributed by atoms with Crippen LogP contribution in [-0.4, -0.2) is 18.6 Å². The van der Waals surface area contributed by atoms with Gasteiger partial charge in [-0.2, -0.15) is 4.98 Å². The smallest absolute Gasteiger partial charge is 0.294 e. The van der Waals surface area contributed by atoms with Gasteiger partial charge in [0.05, 0.1) is 6.61 Å². The molecule has 4 nitrogen and oxygen atoms in total.